The van der Waals surface area contributed by atoms with Crippen molar-refractivity contribution in [3.63, 3.8) is 0 Å². The number of aliphatic hydroxyl groups is 1. The molecule has 2 aromatic carbocycles. The molecule has 0 amide bonds. The van der Waals surface area contributed by atoms with Gasteiger partial charge in [0.1, 0.15) is 12.4 Å². The van der Waals surface area contributed by atoms with Gasteiger partial charge < -0.3 is 9.84 Å². The molecule has 6 atom stereocenters. The summed E-state index contributed by atoms with van der Waals surface area (Å²) in [6, 6.07) is 17.3. The van der Waals surface area contributed by atoms with E-state index >= 15 is 0 Å². The van der Waals surface area contributed by atoms with E-state index in [1.807, 2.05) is 13.0 Å². The summed E-state index contributed by atoms with van der Waals surface area (Å²) in [6.45, 7) is 7.69. The number of hydrogen-bond donors (Lipinski definition) is 1. The standard InChI is InChI=1S/C28H36O2/c1-19(29)24-11-12-26-27(24,2)16-14-25-23-10-9-22(17-21(23)13-15-28(25,26)3)30-18-20-7-5-4-6-8-20/h4-10,17,19,24-26,29H,11-16,18H2,1-3H3/t19?,24?,25-,26-,27-,28-/m1/s1. The third-order valence-electron chi connectivity index (χ3n) is 9.23. The maximum atomic E-state index is 10.4. The van der Waals surface area contributed by atoms with Crippen molar-refractivity contribution in [1.82, 2.24) is 0 Å². The van der Waals surface area contributed by atoms with Crippen LogP contribution in [-0.4, -0.2) is 11.2 Å². The van der Waals surface area contributed by atoms with Gasteiger partial charge in [-0.25, -0.2) is 0 Å². The van der Waals surface area contributed by atoms with E-state index in [1.54, 1.807) is 5.56 Å². The monoisotopic (exact) mass is 404 g/mol. The van der Waals surface area contributed by atoms with Crippen molar-refractivity contribution in [1.29, 1.82) is 0 Å². The van der Waals surface area contributed by atoms with Gasteiger partial charge in [-0.1, -0.05) is 50.2 Å². The molecule has 2 heteroatoms. The molecule has 0 aromatic heterocycles. The second-order valence-electron chi connectivity index (χ2n) is 10.7. The molecule has 0 radical (unpaired) electrons. The molecule has 0 aliphatic heterocycles. The van der Waals surface area contributed by atoms with E-state index in [-0.39, 0.29) is 6.10 Å². The average Bonchev–Trinajstić information content (AvgIpc) is 3.11. The lowest BCUT2D eigenvalue weighted by atomic mass is 9.47. The Kier molecular flexibility index (Phi) is 4.97. The van der Waals surface area contributed by atoms with Crippen molar-refractivity contribution in [2.45, 2.75) is 77.9 Å². The van der Waals surface area contributed by atoms with E-state index in [1.165, 1.54) is 43.2 Å². The first-order valence-electron chi connectivity index (χ1n) is 11.9. The Morgan fingerprint density at radius 3 is 2.57 bits per heavy atom. The Balaban J connectivity index is 1.38. The van der Waals surface area contributed by atoms with Crippen LogP contribution in [0.4, 0.5) is 0 Å². The summed E-state index contributed by atoms with van der Waals surface area (Å²) >= 11 is 0. The molecule has 2 nitrogen and oxygen atoms in total. The van der Waals surface area contributed by atoms with E-state index in [4.69, 9.17) is 4.74 Å². The molecule has 3 aliphatic rings. The molecule has 160 valence electrons. The fraction of sp³-hybridized carbons (Fsp3) is 0.571. The van der Waals surface area contributed by atoms with Gasteiger partial charge in [0.25, 0.3) is 0 Å². The summed E-state index contributed by atoms with van der Waals surface area (Å²) in [5.41, 5.74) is 4.93. The number of benzene rings is 2. The van der Waals surface area contributed by atoms with Crippen molar-refractivity contribution >= 4 is 0 Å². The highest BCUT2D eigenvalue weighted by molar-refractivity contribution is 5.42. The van der Waals surface area contributed by atoms with Crippen molar-refractivity contribution in [3.8, 4) is 5.75 Å². The van der Waals surface area contributed by atoms with E-state index in [0.717, 1.165) is 18.1 Å². The van der Waals surface area contributed by atoms with Crippen molar-refractivity contribution in [3.05, 3.63) is 65.2 Å². The maximum Gasteiger partial charge on any atom is 0.120 e. The molecular weight excluding hydrogens is 368 g/mol. The summed E-state index contributed by atoms with van der Waals surface area (Å²) < 4.78 is 6.12. The zero-order chi connectivity index (χ0) is 20.9. The van der Waals surface area contributed by atoms with Crippen LogP contribution in [-0.2, 0) is 13.0 Å². The number of fused-ring (bicyclic) bond motifs is 5. The Labute approximate surface area is 181 Å². The maximum absolute atomic E-state index is 10.4. The first-order chi connectivity index (χ1) is 14.4. The molecule has 0 saturated heterocycles. The van der Waals surface area contributed by atoms with Gasteiger partial charge in [0.2, 0.25) is 0 Å². The number of aliphatic hydroxyl groups excluding tert-OH is 1. The van der Waals surface area contributed by atoms with Gasteiger partial charge in [-0.2, -0.15) is 0 Å². The largest absolute Gasteiger partial charge is 0.489 e. The summed E-state index contributed by atoms with van der Waals surface area (Å²) in [6.07, 6.45) is 7.22. The first-order valence-corrected chi connectivity index (χ1v) is 11.9. The fourth-order valence-corrected chi connectivity index (χ4v) is 7.76. The van der Waals surface area contributed by atoms with Gasteiger partial charge in [-0.05, 0) is 103 Å². The molecule has 2 unspecified atom stereocenters. The third-order valence-corrected chi connectivity index (χ3v) is 9.23. The van der Waals surface area contributed by atoms with Crippen LogP contribution in [0.1, 0.15) is 75.5 Å². The van der Waals surface area contributed by atoms with E-state index in [2.05, 4.69) is 56.3 Å². The van der Waals surface area contributed by atoms with Crippen LogP contribution in [0.5, 0.6) is 5.75 Å². The van der Waals surface area contributed by atoms with Crippen LogP contribution in [0.3, 0.4) is 0 Å². The molecular formula is C28H36O2. The molecule has 0 bridgehead atoms. The van der Waals surface area contributed by atoms with Crippen LogP contribution in [0.25, 0.3) is 0 Å². The summed E-state index contributed by atoms with van der Waals surface area (Å²) in [5.74, 6) is 2.84. The SMILES string of the molecule is CC(O)C1CC[C@H]2[C@]3(C)CCc4cc(OCc5ccccc5)ccc4[C@H]3CC[C@]12C. The molecule has 2 fully saturated rings. The highest BCUT2D eigenvalue weighted by Gasteiger charge is 2.60. The van der Waals surface area contributed by atoms with Gasteiger partial charge in [0.15, 0.2) is 0 Å². The van der Waals surface area contributed by atoms with Crippen LogP contribution in [0.15, 0.2) is 48.5 Å². The second kappa shape index (κ2) is 7.41. The Morgan fingerprint density at radius 1 is 1.00 bits per heavy atom. The number of aryl methyl sites for hydroxylation is 1. The number of rotatable bonds is 4. The Hall–Kier alpha value is -1.80. The van der Waals surface area contributed by atoms with Crippen molar-refractivity contribution < 1.29 is 9.84 Å². The van der Waals surface area contributed by atoms with Crippen LogP contribution < -0.4 is 4.74 Å². The zero-order valence-electron chi connectivity index (χ0n) is 18.7. The molecule has 2 saturated carbocycles. The molecule has 30 heavy (non-hydrogen) atoms. The molecule has 1 N–H and O–H groups in total. The van der Waals surface area contributed by atoms with Crippen LogP contribution >= 0.6 is 0 Å². The fourth-order valence-electron chi connectivity index (χ4n) is 7.76. The smallest absolute Gasteiger partial charge is 0.120 e. The predicted octanol–water partition coefficient (Wildman–Crippen LogP) is 6.51. The van der Waals surface area contributed by atoms with E-state index in [9.17, 15) is 5.11 Å². The number of ether oxygens (including phenoxy) is 1. The normalized spacial score (nSPS) is 35.8. The molecule has 0 spiro atoms. The summed E-state index contributed by atoms with van der Waals surface area (Å²) in [7, 11) is 0. The van der Waals surface area contributed by atoms with Crippen molar-refractivity contribution in [2.24, 2.45) is 22.7 Å². The van der Waals surface area contributed by atoms with E-state index < -0.39 is 0 Å². The minimum Gasteiger partial charge on any atom is -0.489 e. The van der Waals surface area contributed by atoms with Gasteiger partial charge in [-0.15, -0.1) is 0 Å². The van der Waals surface area contributed by atoms with Gasteiger partial charge in [0, 0.05) is 0 Å². The van der Waals surface area contributed by atoms with Crippen LogP contribution in [0, 0.1) is 22.7 Å². The molecule has 3 aliphatic carbocycles. The Bertz CT molecular complexity index is 904. The lowest BCUT2D eigenvalue weighted by molar-refractivity contribution is -0.0621. The minimum atomic E-state index is -0.180. The average molecular weight is 405 g/mol. The highest BCUT2D eigenvalue weighted by Crippen LogP contribution is 2.68. The molecule has 0 heterocycles. The highest BCUT2D eigenvalue weighted by atomic mass is 16.5. The minimum absolute atomic E-state index is 0.180. The molecule has 2 aromatic rings. The number of hydrogen-bond acceptors (Lipinski definition) is 2. The summed E-state index contributed by atoms with van der Waals surface area (Å²) in [4.78, 5) is 0. The quantitative estimate of drug-likeness (QED) is 0.629. The van der Waals surface area contributed by atoms with Crippen molar-refractivity contribution in [2.75, 3.05) is 0 Å². The predicted molar refractivity (Wildman–Crippen MR) is 122 cm³/mol. The lowest BCUT2D eigenvalue weighted by Crippen LogP contribution is -2.50. The topological polar surface area (TPSA) is 29.5 Å². The van der Waals surface area contributed by atoms with Gasteiger partial charge >= 0.3 is 0 Å². The zero-order valence-corrected chi connectivity index (χ0v) is 18.7. The lowest BCUT2D eigenvalue weighted by Gasteiger charge is -2.58. The van der Waals surface area contributed by atoms with Crippen LogP contribution in [0.2, 0.25) is 0 Å². The summed E-state index contributed by atoms with van der Waals surface area (Å²) in [5, 5.41) is 10.4. The second-order valence-corrected chi connectivity index (χ2v) is 10.7. The van der Waals surface area contributed by atoms with Gasteiger partial charge in [0.05, 0.1) is 6.10 Å². The Morgan fingerprint density at radius 2 is 1.80 bits per heavy atom. The van der Waals surface area contributed by atoms with Gasteiger partial charge in [-0.3, -0.25) is 0 Å². The third kappa shape index (κ3) is 3.11. The molecule has 5 rings (SSSR count). The first kappa shape index (κ1) is 20.1. The van der Waals surface area contributed by atoms with E-state index in [0.29, 0.717) is 29.3 Å².